The summed E-state index contributed by atoms with van der Waals surface area (Å²) >= 11 is 0. The molecule has 0 radical (unpaired) electrons. The quantitative estimate of drug-likeness (QED) is 0.345. The van der Waals surface area contributed by atoms with Gasteiger partial charge in [0.25, 0.3) is 10.5 Å². The molecule has 0 aliphatic heterocycles. The highest BCUT2D eigenvalue weighted by atomic mass is 32.3. The van der Waals surface area contributed by atoms with Gasteiger partial charge in [-0.05, 0) is 17.7 Å². The van der Waals surface area contributed by atoms with Crippen LogP contribution in [0.25, 0.3) is 21.9 Å². The first-order chi connectivity index (χ1) is 11.3. The molecule has 0 spiro atoms. The first kappa shape index (κ1) is 16.5. The van der Waals surface area contributed by atoms with E-state index >= 15 is 0 Å². The molecule has 0 saturated carbocycles. The number of hydrogen-bond donors (Lipinski definition) is 0. The summed E-state index contributed by atoms with van der Waals surface area (Å²) in [6.45, 7) is 2.25. The molecular weight excluding hydrogens is 327 g/mol. The molecule has 24 heavy (non-hydrogen) atoms. The van der Waals surface area contributed by atoms with Crippen LogP contribution in [-0.4, -0.2) is 13.0 Å². The van der Waals surface area contributed by atoms with Crippen LogP contribution in [-0.2, 0) is 16.9 Å². The van der Waals surface area contributed by atoms with Crippen LogP contribution in [0.15, 0.2) is 60.7 Å². The SMILES string of the molecule is C[C+]1Cc2ccccc2-c2c1ccc1ccccc21.O=S(=O)([O-])F. The van der Waals surface area contributed by atoms with Crippen LogP contribution in [0.4, 0.5) is 3.89 Å². The van der Waals surface area contributed by atoms with Crippen LogP contribution in [0.5, 0.6) is 0 Å². The molecule has 0 unspecified atom stereocenters. The summed E-state index contributed by atoms with van der Waals surface area (Å²) in [5.74, 6) is 1.47. The number of benzene rings is 3. The van der Waals surface area contributed by atoms with Gasteiger partial charge in [-0.3, -0.25) is 0 Å². The monoisotopic (exact) mass is 342 g/mol. The minimum atomic E-state index is -5.42. The van der Waals surface area contributed by atoms with Crippen molar-refractivity contribution in [2.75, 3.05) is 0 Å². The smallest absolute Gasteiger partial charge is 0.255 e. The van der Waals surface area contributed by atoms with E-state index in [4.69, 9.17) is 13.0 Å². The molecule has 0 atom stereocenters. The van der Waals surface area contributed by atoms with Gasteiger partial charge in [0.1, 0.15) is 5.56 Å². The largest absolute Gasteiger partial charge is 0.722 e. The van der Waals surface area contributed by atoms with Crippen LogP contribution < -0.4 is 0 Å². The Balaban J connectivity index is 0.000000300. The van der Waals surface area contributed by atoms with Crippen molar-refractivity contribution < 1.29 is 16.9 Å². The summed E-state index contributed by atoms with van der Waals surface area (Å²) in [4.78, 5) is 0. The fourth-order valence-electron chi connectivity index (χ4n) is 3.22. The Hall–Kier alpha value is -2.37. The Morgan fingerprint density at radius 2 is 1.62 bits per heavy atom. The van der Waals surface area contributed by atoms with Gasteiger partial charge in [-0.25, -0.2) is 8.42 Å². The van der Waals surface area contributed by atoms with Crippen molar-refractivity contribution in [3.63, 3.8) is 0 Å². The molecule has 4 rings (SSSR count). The molecule has 1 aliphatic carbocycles. The van der Waals surface area contributed by atoms with Gasteiger partial charge in [0.2, 0.25) is 0 Å². The van der Waals surface area contributed by atoms with Gasteiger partial charge in [-0.15, -0.1) is 3.89 Å². The van der Waals surface area contributed by atoms with E-state index in [1.807, 2.05) is 0 Å². The molecular formula is C19H15FO3S. The molecule has 0 heterocycles. The maximum absolute atomic E-state index is 10.1. The predicted molar refractivity (Wildman–Crippen MR) is 91.9 cm³/mol. The Morgan fingerprint density at radius 3 is 2.38 bits per heavy atom. The second-order valence-electron chi connectivity index (χ2n) is 5.72. The van der Waals surface area contributed by atoms with E-state index in [9.17, 15) is 3.89 Å². The Labute approximate surface area is 140 Å². The standard InChI is InChI=1S/C19H15.FHO3S/c1-13-12-15-7-3-5-9-18(15)19-16(13)11-10-14-6-2-4-8-17(14)19;1-5(2,3)4/h2-11H,12H2,1H3;(H,2,3,4)/q+1;/p-1. The molecule has 0 amide bonds. The lowest BCUT2D eigenvalue weighted by molar-refractivity contribution is 0.417. The number of hydrogen-bond acceptors (Lipinski definition) is 3. The highest BCUT2D eigenvalue weighted by molar-refractivity contribution is 7.80. The summed E-state index contributed by atoms with van der Waals surface area (Å²) in [6, 6.07) is 22.0. The van der Waals surface area contributed by atoms with Crippen LogP contribution in [0.1, 0.15) is 18.1 Å². The fourth-order valence-corrected chi connectivity index (χ4v) is 3.22. The molecule has 0 saturated heterocycles. The zero-order valence-electron chi connectivity index (χ0n) is 13.0. The first-order valence-electron chi connectivity index (χ1n) is 7.43. The summed E-state index contributed by atoms with van der Waals surface area (Å²) in [7, 11) is -5.42. The molecule has 122 valence electrons. The third-order valence-corrected chi connectivity index (χ3v) is 4.13. The van der Waals surface area contributed by atoms with E-state index in [0.717, 1.165) is 6.42 Å². The summed E-state index contributed by atoms with van der Waals surface area (Å²) in [5.41, 5.74) is 5.68. The maximum atomic E-state index is 10.1. The van der Waals surface area contributed by atoms with Crippen LogP contribution in [0, 0.1) is 5.92 Å². The molecule has 3 aromatic carbocycles. The number of fused-ring (bicyclic) bond motifs is 5. The highest BCUT2D eigenvalue weighted by Crippen LogP contribution is 2.42. The van der Waals surface area contributed by atoms with E-state index in [2.05, 4.69) is 67.6 Å². The zero-order valence-corrected chi connectivity index (χ0v) is 13.8. The van der Waals surface area contributed by atoms with Crippen molar-refractivity contribution in [2.24, 2.45) is 0 Å². The molecule has 0 aromatic heterocycles. The number of halogens is 1. The van der Waals surface area contributed by atoms with E-state index < -0.39 is 10.5 Å². The van der Waals surface area contributed by atoms with Crippen LogP contribution >= 0.6 is 0 Å². The normalized spacial score (nSPS) is 12.9. The Kier molecular flexibility index (Phi) is 4.30. The molecule has 5 heteroatoms. The fraction of sp³-hybridized carbons (Fsp3) is 0.105. The summed E-state index contributed by atoms with van der Waals surface area (Å²) < 4.78 is 35.3. The van der Waals surface area contributed by atoms with Crippen molar-refractivity contribution in [1.29, 1.82) is 0 Å². The highest BCUT2D eigenvalue weighted by Gasteiger charge is 2.30. The molecule has 3 aromatic rings. The van der Waals surface area contributed by atoms with Crippen LogP contribution in [0.2, 0.25) is 0 Å². The van der Waals surface area contributed by atoms with Gasteiger partial charge in [0.15, 0.2) is 0 Å². The topological polar surface area (TPSA) is 57.2 Å². The van der Waals surface area contributed by atoms with E-state index in [0.29, 0.717) is 0 Å². The first-order valence-corrected chi connectivity index (χ1v) is 8.74. The van der Waals surface area contributed by atoms with E-state index in [-0.39, 0.29) is 0 Å². The molecule has 3 nitrogen and oxygen atoms in total. The molecule has 0 fully saturated rings. The molecule has 1 aliphatic rings. The average molecular weight is 342 g/mol. The molecule has 0 N–H and O–H groups in total. The van der Waals surface area contributed by atoms with Gasteiger partial charge in [0, 0.05) is 47.7 Å². The second kappa shape index (κ2) is 6.26. The van der Waals surface area contributed by atoms with Crippen molar-refractivity contribution >= 4 is 21.3 Å². The maximum Gasteiger partial charge on any atom is 0.255 e. The van der Waals surface area contributed by atoms with Crippen molar-refractivity contribution in [3.8, 4) is 11.1 Å². The van der Waals surface area contributed by atoms with Gasteiger partial charge in [0.05, 0.1) is 5.56 Å². The minimum Gasteiger partial charge on any atom is -0.722 e. The zero-order chi connectivity index (χ0) is 17.3. The van der Waals surface area contributed by atoms with E-state index in [1.165, 1.54) is 38.9 Å². The lowest BCUT2D eigenvalue weighted by Crippen LogP contribution is -2.09. The van der Waals surface area contributed by atoms with E-state index in [1.54, 1.807) is 0 Å². The van der Waals surface area contributed by atoms with Crippen molar-refractivity contribution in [2.45, 2.75) is 13.3 Å². The summed E-state index contributed by atoms with van der Waals surface area (Å²) in [6.07, 6.45) is 1.07. The Bertz CT molecular complexity index is 988. The molecule has 0 bridgehead atoms. The van der Waals surface area contributed by atoms with Gasteiger partial charge in [-0.2, -0.15) is 0 Å². The van der Waals surface area contributed by atoms with Gasteiger partial charge >= 0.3 is 0 Å². The minimum absolute atomic E-state index is 1.07. The van der Waals surface area contributed by atoms with Crippen molar-refractivity contribution in [3.05, 3.63) is 77.7 Å². The lowest BCUT2D eigenvalue weighted by Gasteiger charge is -2.19. The van der Waals surface area contributed by atoms with Gasteiger partial charge in [-0.1, -0.05) is 36.4 Å². The van der Waals surface area contributed by atoms with Crippen LogP contribution in [0.3, 0.4) is 0 Å². The average Bonchev–Trinajstić information content (AvgIpc) is 2.53. The summed E-state index contributed by atoms with van der Waals surface area (Å²) in [5, 5.41) is 2.69. The Morgan fingerprint density at radius 1 is 1.00 bits per heavy atom. The lowest BCUT2D eigenvalue weighted by atomic mass is 9.78. The second-order valence-corrected chi connectivity index (χ2v) is 6.50. The van der Waals surface area contributed by atoms with Gasteiger partial charge < -0.3 is 4.55 Å². The third kappa shape index (κ3) is 3.42. The number of rotatable bonds is 0. The predicted octanol–water partition coefficient (Wildman–Crippen LogP) is 4.42. The third-order valence-electron chi connectivity index (χ3n) is 4.13. The van der Waals surface area contributed by atoms with Crippen molar-refractivity contribution in [1.82, 2.24) is 0 Å².